The first-order chi connectivity index (χ1) is 35.3. The number of benzene rings is 6. The van der Waals surface area contributed by atoms with Crippen molar-refractivity contribution in [3.8, 4) is 11.1 Å². The van der Waals surface area contributed by atoms with Crippen LogP contribution in [-0.4, -0.2) is 64.5 Å². The second-order valence-corrected chi connectivity index (χ2v) is 20.9. The van der Waals surface area contributed by atoms with Crippen LogP contribution < -0.4 is 10.6 Å². The number of unbranched alkanes of at least 4 members (excludes halogenated alkanes) is 2. The first-order valence-corrected chi connectivity index (χ1v) is 27.6. The quantitative estimate of drug-likeness (QED) is 0.0579. The van der Waals surface area contributed by atoms with E-state index in [2.05, 4.69) is 24.5 Å². The first kappa shape index (κ1) is 48.6. The molecule has 0 amide bonds. The molecular weight excluding hydrogens is 977 g/mol. The van der Waals surface area contributed by atoms with E-state index in [1.807, 2.05) is 60.7 Å². The van der Waals surface area contributed by atoms with Crippen molar-refractivity contribution in [3.05, 3.63) is 189 Å². The molecule has 0 unspecified atom stereocenters. The van der Waals surface area contributed by atoms with Gasteiger partial charge in [-0.1, -0.05) is 195 Å². The van der Waals surface area contributed by atoms with Crippen molar-refractivity contribution in [1.29, 1.82) is 0 Å². The Morgan fingerprint density at radius 2 is 0.694 bits per heavy atom. The number of rotatable bonds is 19. The Balaban J connectivity index is 1.09. The van der Waals surface area contributed by atoms with Gasteiger partial charge in [-0.25, -0.2) is 0 Å². The topological polar surface area (TPSA) is 170 Å². The van der Waals surface area contributed by atoms with E-state index in [-0.39, 0.29) is 56.4 Å². The Bertz CT molecular complexity index is 3170. The fraction of sp³-hybridized carbons (Fsp3) is 0.179. The first-order valence-electron chi connectivity index (χ1n) is 23.6. The number of carbonyl (C=O) groups is 4. The minimum Gasteiger partial charge on any atom is -0.323 e. The minimum absolute atomic E-state index is 0.0855. The van der Waals surface area contributed by atoms with E-state index in [0.29, 0.717) is 54.6 Å². The maximum atomic E-state index is 15.0. The predicted octanol–water partition coefficient (Wildman–Crippen LogP) is 13.1. The van der Waals surface area contributed by atoms with Gasteiger partial charge in [-0.3, -0.25) is 19.2 Å². The molecule has 0 saturated heterocycles. The maximum Gasteiger partial charge on any atom is 0.232 e. The number of ketones is 4. The molecule has 0 saturated carbocycles. The van der Waals surface area contributed by atoms with Crippen LogP contribution in [0.4, 0.5) is 23.3 Å². The van der Waals surface area contributed by atoms with Crippen LogP contribution in [-0.2, 0) is 11.5 Å². The van der Waals surface area contributed by atoms with Crippen LogP contribution in [0, 0.1) is 0 Å². The molecule has 0 fully saturated rings. The van der Waals surface area contributed by atoms with E-state index in [1.54, 1.807) is 72.8 Å². The van der Waals surface area contributed by atoms with Crippen LogP contribution in [0.3, 0.4) is 0 Å². The van der Waals surface area contributed by atoms with Crippen LogP contribution >= 0.6 is 47.0 Å². The lowest BCUT2D eigenvalue weighted by molar-refractivity contribution is 0.0978. The van der Waals surface area contributed by atoms with Crippen molar-refractivity contribution in [3.63, 3.8) is 0 Å². The molecule has 358 valence electrons. The van der Waals surface area contributed by atoms with Crippen LogP contribution in [0.2, 0.25) is 0 Å². The van der Waals surface area contributed by atoms with Crippen molar-refractivity contribution in [2.24, 2.45) is 0 Å². The van der Waals surface area contributed by atoms with E-state index < -0.39 is 23.1 Å². The van der Waals surface area contributed by atoms with E-state index in [0.717, 1.165) is 48.3 Å². The fourth-order valence-corrected chi connectivity index (χ4v) is 12.0. The van der Waals surface area contributed by atoms with Gasteiger partial charge in [-0.2, -0.15) is 29.9 Å². The number of hydrogen-bond donors (Lipinski definition) is 2. The Hall–Kier alpha value is -6.98. The summed E-state index contributed by atoms with van der Waals surface area (Å²) in [7, 11) is 0. The third-order valence-corrected chi connectivity index (χ3v) is 15.7. The lowest BCUT2D eigenvalue weighted by Crippen LogP contribution is -2.25. The van der Waals surface area contributed by atoms with Crippen LogP contribution in [0.25, 0.3) is 11.1 Å². The van der Waals surface area contributed by atoms with Gasteiger partial charge in [0.1, 0.15) is 0 Å². The zero-order valence-corrected chi connectivity index (χ0v) is 42.6. The average Bonchev–Trinajstić information content (AvgIpc) is 3.41. The van der Waals surface area contributed by atoms with Crippen LogP contribution in [0.5, 0.6) is 0 Å². The average molecular weight is 1020 g/mol. The van der Waals surface area contributed by atoms with Gasteiger partial charge >= 0.3 is 0 Å². The highest BCUT2D eigenvalue weighted by atomic mass is 32.2. The normalized spacial score (nSPS) is 12.5. The molecule has 12 nitrogen and oxygen atoms in total. The van der Waals surface area contributed by atoms with Gasteiger partial charge in [-0.15, -0.1) is 0 Å². The van der Waals surface area contributed by atoms with Crippen molar-refractivity contribution in [1.82, 2.24) is 29.9 Å². The Labute approximate surface area is 433 Å². The van der Waals surface area contributed by atoms with E-state index in [1.165, 1.54) is 47.0 Å². The molecule has 2 aliphatic rings. The summed E-state index contributed by atoms with van der Waals surface area (Å²) in [6.07, 6.45) is 3.97. The van der Waals surface area contributed by atoms with Gasteiger partial charge in [0.05, 0.1) is 22.5 Å². The number of nitrogens with one attached hydrogen (secondary N) is 2. The van der Waals surface area contributed by atoms with Gasteiger partial charge in [0, 0.05) is 56.4 Å². The molecule has 2 aliphatic carbocycles. The molecule has 8 aromatic rings. The summed E-state index contributed by atoms with van der Waals surface area (Å²) >= 11 is 6.00. The highest BCUT2D eigenvalue weighted by Gasteiger charge is 2.39. The number of carbonyl (C=O) groups excluding carboxylic acids is 4. The molecule has 2 heterocycles. The zero-order chi connectivity index (χ0) is 49.6. The summed E-state index contributed by atoms with van der Waals surface area (Å²) in [6.45, 7) is 4.26. The lowest BCUT2D eigenvalue weighted by Gasteiger charge is -2.26. The van der Waals surface area contributed by atoms with Crippen molar-refractivity contribution in [2.75, 3.05) is 22.1 Å². The van der Waals surface area contributed by atoms with E-state index >= 15 is 9.59 Å². The molecule has 0 bridgehead atoms. The molecule has 16 heteroatoms. The van der Waals surface area contributed by atoms with Crippen molar-refractivity contribution < 1.29 is 19.2 Å². The smallest absolute Gasteiger partial charge is 0.232 e. The number of aromatic nitrogens is 6. The summed E-state index contributed by atoms with van der Waals surface area (Å²) in [6, 6.07) is 40.4. The highest BCUT2D eigenvalue weighted by molar-refractivity contribution is 7.99. The zero-order valence-electron chi connectivity index (χ0n) is 39.3. The second kappa shape index (κ2) is 22.2. The van der Waals surface area contributed by atoms with Gasteiger partial charge in [0.2, 0.25) is 11.9 Å². The number of thioether (sulfide) groups is 4. The van der Waals surface area contributed by atoms with Crippen LogP contribution in [0.15, 0.2) is 154 Å². The lowest BCUT2D eigenvalue weighted by atomic mass is 9.75. The third kappa shape index (κ3) is 10.4. The van der Waals surface area contributed by atoms with Gasteiger partial charge in [0.25, 0.3) is 0 Å². The predicted molar refractivity (Wildman–Crippen MR) is 288 cm³/mol. The molecule has 72 heavy (non-hydrogen) atoms. The maximum absolute atomic E-state index is 15.0. The standard InChI is InChI=1S/C56H46N8O4S4/c1-3-5-29-69-53-59-51(61-55(63-53)71-31-33-17-9-7-10-18-33)57-41-27-25-35(43-45(41)49(67)39-23-15-13-21-37(39)47(43)65)36-26-28-42(46-44(36)48(66)38-22-14-16-24-40(38)50(46)68)58-52-60-54(70-30-6-4-2)64-56(62-52)72-32-34-19-11-8-12-20-34/h7-28H,3-6,29-32H2,1-2H3,(H,57,59,61,63)(H,58,60,62,64). The van der Waals surface area contributed by atoms with Crippen molar-refractivity contribution >= 4 is 93.5 Å². The monoisotopic (exact) mass is 1020 g/mol. The van der Waals surface area contributed by atoms with Gasteiger partial charge in [-0.05, 0) is 47.2 Å². The fourth-order valence-electron chi connectivity index (χ4n) is 8.45. The number of nitrogens with zero attached hydrogens (tertiary/aromatic N) is 6. The van der Waals surface area contributed by atoms with Crippen molar-refractivity contribution in [2.45, 2.75) is 71.7 Å². The summed E-state index contributed by atoms with van der Waals surface area (Å²) in [5.41, 5.74) is 4.76. The highest BCUT2D eigenvalue weighted by Crippen LogP contribution is 2.45. The number of hydrogen-bond acceptors (Lipinski definition) is 16. The molecule has 10 rings (SSSR count). The summed E-state index contributed by atoms with van der Waals surface area (Å²) < 4.78 is 0. The number of anilines is 4. The number of fused-ring (bicyclic) bond motifs is 4. The molecule has 0 radical (unpaired) electrons. The van der Waals surface area contributed by atoms with E-state index in [9.17, 15) is 9.59 Å². The second-order valence-electron chi connectivity index (χ2n) is 16.9. The molecule has 0 spiro atoms. The Morgan fingerprint density at radius 3 is 1.06 bits per heavy atom. The minimum atomic E-state index is -0.408. The third-order valence-electron chi connectivity index (χ3n) is 12.0. The molecular formula is C56H46N8O4S4. The summed E-state index contributed by atoms with van der Waals surface area (Å²) in [5, 5.41) is 8.70. The molecule has 6 aromatic carbocycles. The Kier molecular flexibility index (Phi) is 15.0. The summed E-state index contributed by atoms with van der Waals surface area (Å²) in [4.78, 5) is 88.6. The molecule has 0 aliphatic heterocycles. The molecule has 2 aromatic heterocycles. The molecule has 2 N–H and O–H groups in total. The van der Waals surface area contributed by atoms with Gasteiger partial charge in [0.15, 0.2) is 43.8 Å². The summed E-state index contributed by atoms with van der Waals surface area (Å²) in [5.74, 6) is 1.71. The van der Waals surface area contributed by atoms with Crippen LogP contribution in [0.1, 0.15) is 114 Å². The largest absolute Gasteiger partial charge is 0.323 e. The Morgan fingerprint density at radius 1 is 0.361 bits per heavy atom. The molecule has 0 atom stereocenters. The van der Waals surface area contributed by atoms with E-state index in [4.69, 9.17) is 29.9 Å². The van der Waals surface area contributed by atoms with Gasteiger partial charge < -0.3 is 10.6 Å². The SMILES string of the molecule is CCCCSc1nc(Nc2ccc(-c3ccc(Nc4nc(SCCCC)nc(SCc5ccccc5)n4)c4c3C(=O)c3ccccc3C4=O)c3c2C(=O)c2ccccc2C3=O)nc(SCc2ccccc2)n1.